The number of rotatable bonds is 3. The van der Waals surface area contributed by atoms with Gasteiger partial charge in [0, 0.05) is 38.1 Å². The number of pyridine rings is 1. The highest BCUT2D eigenvalue weighted by atomic mass is 19.2. The Balaban J connectivity index is 1.81. The summed E-state index contributed by atoms with van der Waals surface area (Å²) < 4.78 is 29.1. The molecule has 0 unspecified atom stereocenters. The molecule has 0 bridgehead atoms. The van der Waals surface area contributed by atoms with Gasteiger partial charge in [0.25, 0.3) is 5.91 Å². The molecule has 2 aromatic rings. The first-order valence-corrected chi connectivity index (χ1v) is 7.72. The van der Waals surface area contributed by atoms with E-state index in [0.29, 0.717) is 13.1 Å². The fourth-order valence-corrected chi connectivity index (χ4v) is 3.07. The average Bonchev–Trinajstić information content (AvgIpc) is 3.05. The van der Waals surface area contributed by atoms with Crippen LogP contribution in [0.5, 0.6) is 0 Å². The van der Waals surface area contributed by atoms with E-state index in [1.807, 2.05) is 13.1 Å². The van der Waals surface area contributed by atoms with Crippen LogP contribution >= 0.6 is 0 Å². The number of likely N-dealkylation sites (tertiary alicyclic amines) is 1. The minimum absolute atomic E-state index is 0.111. The van der Waals surface area contributed by atoms with Gasteiger partial charge in [-0.2, -0.15) is 4.39 Å². The van der Waals surface area contributed by atoms with Gasteiger partial charge in [-0.15, -0.1) is 0 Å². The van der Waals surface area contributed by atoms with Crippen molar-refractivity contribution < 1.29 is 13.6 Å². The van der Waals surface area contributed by atoms with E-state index < -0.39 is 17.7 Å². The summed E-state index contributed by atoms with van der Waals surface area (Å²) in [7, 11) is 0. The van der Waals surface area contributed by atoms with Gasteiger partial charge in [-0.25, -0.2) is 14.4 Å². The molecule has 0 spiro atoms. The number of halogens is 2. The van der Waals surface area contributed by atoms with Crippen molar-refractivity contribution in [3.05, 3.63) is 47.8 Å². The largest absolute Gasteiger partial charge is 0.336 e. The van der Waals surface area contributed by atoms with E-state index in [2.05, 4.69) is 14.5 Å². The van der Waals surface area contributed by atoms with Gasteiger partial charge in [-0.1, -0.05) is 6.92 Å². The van der Waals surface area contributed by atoms with Crippen molar-refractivity contribution in [1.82, 2.24) is 19.4 Å². The van der Waals surface area contributed by atoms with Crippen LogP contribution in [0.4, 0.5) is 8.78 Å². The highest BCUT2D eigenvalue weighted by Gasteiger charge is 2.28. The number of hydrogen-bond acceptors (Lipinski definition) is 3. The molecule has 0 aromatic carbocycles. The maximum Gasteiger partial charge on any atom is 0.257 e. The minimum atomic E-state index is -1.24. The first-order chi connectivity index (χ1) is 11.1. The molecule has 1 amide bonds. The van der Waals surface area contributed by atoms with E-state index in [0.717, 1.165) is 31.3 Å². The van der Waals surface area contributed by atoms with Crippen molar-refractivity contribution in [2.75, 3.05) is 13.1 Å². The van der Waals surface area contributed by atoms with Crippen molar-refractivity contribution in [2.45, 2.75) is 32.2 Å². The third kappa shape index (κ3) is 2.95. The summed E-state index contributed by atoms with van der Waals surface area (Å²) in [5, 5.41) is 0. The lowest BCUT2D eigenvalue weighted by Crippen LogP contribution is -2.41. The lowest BCUT2D eigenvalue weighted by Gasteiger charge is -2.34. The van der Waals surface area contributed by atoms with Crippen LogP contribution in [0.15, 0.2) is 24.7 Å². The zero-order chi connectivity index (χ0) is 16.4. The summed E-state index contributed by atoms with van der Waals surface area (Å²) in [6.07, 6.45) is 7.31. The fraction of sp³-hybridized carbons (Fsp3) is 0.438. The number of carbonyl (C=O) groups is 1. The van der Waals surface area contributed by atoms with Crippen LogP contribution in [0.25, 0.3) is 0 Å². The molecule has 23 heavy (non-hydrogen) atoms. The lowest BCUT2D eigenvalue weighted by molar-refractivity contribution is 0.0671. The Hall–Kier alpha value is -2.31. The Bertz CT molecular complexity index is 716. The quantitative estimate of drug-likeness (QED) is 0.817. The molecule has 1 atom stereocenters. The van der Waals surface area contributed by atoms with Gasteiger partial charge in [0.05, 0.1) is 11.6 Å². The minimum Gasteiger partial charge on any atom is -0.336 e. The molecular formula is C16H18F2N4O. The van der Waals surface area contributed by atoms with E-state index in [1.165, 1.54) is 6.07 Å². The molecule has 1 fully saturated rings. The number of amides is 1. The second-order valence-electron chi connectivity index (χ2n) is 5.61. The SMILES string of the molecule is CCc1nccn1[C@@H]1CCCN(C(=O)c2ccnc(F)c2F)C1. The number of piperidine rings is 1. The normalized spacial score (nSPS) is 18.2. The molecule has 122 valence electrons. The highest BCUT2D eigenvalue weighted by molar-refractivity contribution is 5.94. The maximum atomic E-state index is 13.8. The van der Waals surface area contributed by atoms with Crippen LogP contribution in [0.3, 0.4) is 0 Å². The molecule has 2 aromatic heterocycles. The molecule has 3 heterocycles. The standard InChI is InChI=1S/C16H18F2N4O/c1-2-13-19-7-9-22(13)11-4-3-8-21(10-11)16(23)12-5-6-20-15(18)14(12)17/h5-7,9,11H,2-4,8,10H2,1H3/t11-/m1/s1. The summed E-state index contributed by atoms with van der Waals surface area (Å²) in [5.41, 5.74) is -0.264. The number of nitrogens with zero attached hydrogens (tertiary/aromatic N) is 4. The van der Waals surface area contributed by atoms with Crippen molar-refractivity contribution in [3.63, 3.8) is 0 Å². The Morgan fingerprint density at radius 3 is 2.96 bits per heavy atom. The highest BCUT2D eigenvalue weighted by Crippen LogP contribution is 2.25. The summed E-state index contributed by atoms with van der Waals surface area (Å²) >= 11 is 0. The van der Waals surface area contributed by atoms with E-state index >= 15 is 0 Å². The summed E-state index contributed by atoms with van der Waals surface area (Å²) in [6.45, 7) is 3.03. The van der Waals surface area contributed by atoms with Gasteiger partial charge in [-0.3, -0.25) is 4.79 Å². The van der Waals surface area contributed by atoms with Crippen LogP contribution in [0.1, 0.15) is 42.0 Å². The molecule has 7 heteroatoms. The molecule has 5 nitrogen and oxygen atoms in total. The first kappa shape index (κ1) is 15.6. The molecule has 1 saturated heterocycles. The van der Waals surface area contributed by atoms with E-state index in [-0.39, 0.29) is 11.6 Å². The number of aromatic nitrogens is 3. The van der Waals surface area contributed by atoms with Gasteiger partial charge < -0.3 is 9.47 Å². The molecule has 0 N–H and O–H groups in total. The molecule has 0 aliphatic carbocycles. The van der Waals surface area contributed by atoms with E-state index in [9.17, 15) is 13.6 Å². The summed E-state index contributed by atoms with van der Waals surface area (Å²) in [4.78, 5) is 21.6. The molecule has 0 saturated carbocycles. The van der Waals surface area contributed by atoms with Crippen molar-refractivity contribution in [2.24, 2.45) is 0 Å². The maximum absolute atomic E-state index is 13.8. The van der Waals surface area contributed by atoms with Crippen LogP contribution in [0, 0.1) is 11.8 Å². The van der Waals surface area contributed by atoms with Gasteiger partial charge in [0.1, 0.15) is 5.82 Å². The van der Waals surface area contributed by atoms with Crippen molar-refractivity contribution >= 4 is 5.91 Å². The van der Waals surface area contributed by atoms with Crippen molar-refractivity contribution in [1.29, 1.82) is 0 Å². The zero-order valence-electron chi connectivity index (χ0n) is 12.9. The van der Waals surface area contributed by atoms with Gasteiger partial charge >= 0.3 is 0 Å². The molecule has 1 aliphatic heterocycles. The predicted molar refractivity (Wildman–Crippen MR) is 79.9 cm³/mol. The van der Waals surface area contributed by atoms with Crippen molar-refractivity contribution in [3.8, 4) is 0 Å². The van der Waals surface area contributed by atoms with Gasteiger partial charge in [0.2, 0.25) is 5.95 Å². The second kappa shape index (κ2) is 6.44. The third-order valence-corrected chi connectivity index (χ3v) is 4.22. The third-order valence-electron chi connectivity index (χ3n) is 4.22. The molecular weight excluding hydrogens is 302 g/mol. The Labute approximate surface area is 133 Å². The molecule has 1 aliphatic rings. The Morgan fingerprint density at radius 1 is 1.35 bits per heavy atom. The Kier molecular flexibility index (Phi) is 4.36. The molecule has 3 rings (SSSR count). The second-order valence-corrected chi connectivity index (χ2v) is 5.61. The first-order valence-electron chi connectivity index (χ1n) is 7.72. The number of aryl methyl sites for hydroxylation is 1. The van der Waals surface area contributed by atoms with Crippen LogP contribution in [-0.2, 0) is 6.42 Å². The van der Waals surface area contributed by atoms with Gasteiger partial charge in [0.15, 0.2) is 5.82 Å². The van der Waals surface area contributed by atoms with Gasteiger partial charge in [-0.05, 0) is 18.9 Å². The summed E-state index contributed by atoms with van der Waals surface area (Å²) in [5.74, 6) is -1.96. The predicted octanol–water partition coefficient (Wildman–Crippen LogP) is 2.60. The lowest BCUT2D eigenvalue weighted by atomic mass is 10.0. The van der Waals surface area contributed by atoms with E-state index in [4.69, 9.17) is 0 Å². The van der Waals surface area contributed by atoms with Crippen LogP contribution in [0.2, 0.25) is 0 Å². The average molecular weight is 320 g/mol. The monoisotopic (exact) mass is 320 g/mol. The number of imidazole rings is 1. The topological polar surface area (TPSA) is 51.0 Å². The number of hydrogen-bond donors (Lipinski definition) is 0. The zero-order valence-corrected chi connectivity index (χ0v) is 12.9. The fourth-order valence-electron chi connectivity index (χ4n) is 3.07. The molecule has 0 radical (unpaired) electrons. The van der Waals surface area contributed by atoms with Crippen LogP contribution in [-0.4, -0.2) is 38.4 Å². The number of carbonyl (C=O) groups excluding carboxylic acids is 1. The summed E-state index contributed by atoms with van der Waals surface area (Å²) in [6, 6.07) is 1.33. The van der Waals surface area contributed by atoms with E-state index in [1.54, 1.807) is 11.1 Å². The van der Waals surface area contributed by atoms with Crippen LogP contribution < -0.4 is 0 Å². The smallest absolute Gasteiger partial charge is 0.257 e. The Morgan fingerprint density at radius 2 is 2.17 bits per heavy atom.